The quantitative estimate of drug-likeness (QED) is 0.663. The van der Waals surface area contributed by atoms with Crippen LogP contribution in [0.4, 0.5) is 18.9 Å². The topological polar surface area (TPSA) is 81.9 Å². The van der Waals surface area contributed by atoms with E-state index in [-0.39, 0.29) is 11.3 Å². The first-order chi connectivity index (χ1) is 13.7. The molecule has 0 spiro atoms. The van der Waals surface area contributed by atoms with Crippen LogP contribution in [0.5, 0.6) is 5.88 Å². The van der Waals surface area contributed by atoms with Crippen molar-refractivity contribution in [3.63, 3.8) is 0 Å². The number of hydrogen-bond donors (Lipinski definition) is 1. The summed E-state index contributed by atoms with van der Waals surface area (Å²) in [5, 5.41) is 14.0. The minimum absolute atomic E-state index is 0.0363. The van der Waals surface area contributed by atoms with Crippen molar-refractivity contribution >= 4 is 23.2 Å². The highest BCUT2D eigenvalue weighted by Gasteiger charge is 2.33. The van der Waals surface area contributed by atoms with Gasteiger partial charge in [0.15, 0.2) is 5.82 Å². The molecule has 1 aromatic carbocycles. The van der Waals surface area contributed by atoms with Gasteiger partial charge in [-0.2, -0.15) is 18.3 Å². The molecule has 2 aromatic heterocycles. The highest BCUT2D eigenvalue weighted by Crippen LogP contribution is 2.36. The first kappa shape index (κ1) is 20.6. The number of methoxy groups -OCH3 is 1. The number of nitrogens with one attached hydrogen (secondary N) is 1. The zero-order valence-electron chi connectivity index (χ0n) is 15.3. The van der Waals surface area contributed by atoms with E-state index < -0.39 is 22.7 Å². The molecule has 0 fully saturated rings. The molecule has 0 aliphatic carbocycles. The zero-order valence-corrected chi connectivity index (χ0v) is 16.0. The molecule has 0 saturated heterocycles. The Labute approximate surface area is 168 Å². The summed E-state index contributed by atoms with van der Waals surface area (Å²) < 4.78 is 45.5. The van der Waals surface area contributed by atoms with E-state index in [1.165, 1.54) is 24.1 Å². The summed E-state index contributed by atoms with van der Waals surface area (Å²) in [6.07, 6.45) is -2.89. The number of carbonyl (C=O) groups excluding carboxylic acids is 1. The summed E-state index contributed by atoms with van der Waals surface area (Å²) in [5.41, 5.74) is -0.344. The maximum absolute atomic E-state index is 13.0. The van der Waals surface area contributed by atoms with E-state index in [2.05, 4.69) is 20.6 Å². The van der Waals surface area contributed by atoms with Gasteiger partial charge in [-0.15, -0.1) is 10.2 Å². The Bertz CT molecular complexity index is 1030. The molecule has 3 aromatic rings. The Kier molecular flexibility index (Phi) is 5.73. The van der Waals surface area contributed by atoms with Crippen molar-refractivity contribution in [1.82, 2.24) is 20.0 Å². The van der Waals surface area contributed by atoms with Crippen molar-refractivity contribution in [2.24, 2.45) is 0 Å². The molecule has 0 unspecified atom stereocenters. The van der Waals surface area contributed by atoms with Crippen molar-refractivity contribution in [2.75, 3.05) is 12.4 Å². The number of rotatable bonds is 5. The second-order valence-corrected chi connectivity index (χ2v) is 6.26. The molecule has 0 radical (unpaired) electrons. The van der Waals surface area contributed by atoms with Crippen LogP contribution in [0, 0.1) is 0 Å². The lowest BCUT2D eigenvalue weighted by Gasteiger charge is -2.12. The van der Waals surface area contributed by atoms with E-state index in [4.69, 9.17) is 16.3 Å². The third kappa shape index (κ3) is 4.32. The first-order valence-corrected chi connectivity index (χ1v) is 8.75. The third-order valence-electron chi connectivity index (χ3n) is 4.03. The lowest BCUT2D eigenvalue weighted by Crippen LogP contribution is -2.15. The molecule has 0 aliphatic rings. The van der Waals surface area contributed by atoms with Crippen molar-refractivity contribution in [3.05, 3.63) is 58.4 Å². The molecular weight excluding hydrogens is 411 g/mol. The molecule has 0 atom stereocenters. The van der Waals surface area contributed by atoms with Crippen molar-refractivity contribution in [2.45, 2.75) is 19.5 Å². The molecule has 29 heavy (non-hydrogen) atoms. The van der Waals surface area contributed by atoms with Crippen LogP contribution >= 0.6 is 11.6 Å². The summed E-state index contributed by atoms with van der Waals surface area (Å²) in [6, 6.07) is 6.37. The summed E-state index contributed by atoms with van der Waals surface area (Å²) in [5.74, 6) is 0.0812. The second-order valence-electron chi connectivity index (χ2n) is 5.85. The van der Waals surface area contributed by atoms with Gasteiger partial charge in [0.2, 0.25) is 5.88 Å². The number of aromatic nitrogens is 4. The average molecular weight is 426 g/mol. The molecule has 0 aliphatic heterocycles. The molecule has 0 bridgehead atoms. The smallest absolute Gasteiger partial charge is 0.417 e. The van der Waals surface area contributed by atoms with Crippen LogP contribution < -0.4 is 10.1 Å². The highest BCUT2D eigenvalue weighted by atomic mass is 35.5. The number of carbonyl (C=O) groups is 1. The van der Waals surface area contributed by atoms with E-state index in [9.17, 15) is 18.0 Å². The molecule has 1 amide bonds. The van der Waals surface area contributed by atoms with Gasteiger partial charge in [-0.25, -0.2) is 4.68 Å². The van der Waals surface area contributed by atoms with Gasteiger partial charge >= 0.3 is 6.18 Å². The Morgan fingerprint density at radius 2 is 2.00 bits per heavy atom. The Balaban J connectivity index is 1.89. The number of nitrogens with zero attached hydrogens (tertiary/aromatic N) is 4. The van der Waals surface area contributed by atoms with Crippen LogP contribution in [0.2, 0.25) is 5.02 Å². The van der Waals surface area contributed by atoms with Crippen LogP contribution in [0.3, 0.4) is 0 Å². The van der Waals surface area contributed by atoms with E-state index in [0.29, 0.717) is 23.8 Å². The number of benzene rings is 1. The summed E-state index contributed by atoms with van der Waals surface area (Å²) in [7, 11) is 1.46. The minimum atomic E-state index is -4.63. The lowest BCUT2D eigenvalue weighted by atomic mass is 10.1. The Morgan fingerprint density at radius 3 is 2.59 bits per heavy atom. The Hall–Kier alpha value is -3.14. The SMILES string of the molecule is CCc1c(C(=O)Nc2ccc(Cl)c(C(F)(F)F)c2)cnn1-c1ccc(OC)nn1. The molecule has 0 saturated carbocycles. The van der Waals surface area contributed by atoms with Gasteiger partial charge in [-0.1, -0.05) is 18.5 Å². The van der Waals surface area contributed by atoms with Gasteiger partial charge in [-0.05, 0) is 30.7 Å². The van der Waals surface area contributed by atoms with Crippen LogP contribution in [-0.2, 0) is 12.6 Å². The lowest BCUT2D eigenvalue weighted by molar-refractivity contribution is -0.137. The number of ether oxygens (including phenoxy) is 1. The van der Waals surface area contributed by atoms with Crippen LogP contribution in [-0.4, -0.2) is 33.0 Å². The standard InChI is InChI=1S/C18H15ClF3N5O2/c1-3-14-11(9-23-27(14)15-6-7-16(29-2)26-25-15)17(28)24-10-4-5-13(19)12(8-10)18(20,21)22/h4-9H,3H2,1-2H3,(H,24,28). The van der Waals surface area contributed by atoms with Gasteiger partial charge in [-0.3, -0.25) is 4.79 Å². The number of hydrogen-bond acceptors (Lipinski definition) is 5. The van der Waals surface area contributed by atoms with Gasteiger partial charge in [0.25, 0.3) is 5.91 Å². The Morgan fingerprint density at radius 1 is 1.24 bits per heavy atom. The van der Waals surface area contributed by atoms with Gasteiger partial charge in [0, 0.05) is 11.8 Å². The fourth-order valence-electron chi connectivity index (χ4n) is 2.65. The first-order valence-electron chi connectivity index (χ1n) is 8.37. The average Bonchev–Trinajstić information content (AvgIpc) is 3.13. The van der Waals surface area contributed by atoms with Crippen LogP contribution in [0.15, 0.2) is 36.5 Å². The van der Waals surface area contributed by atoms with E-state index in [1.807, 2.05) is 6.92 Å². The summed E-state index contributed by atoms with van der Waals surface area (Å²) in [4.78, 5) is 12.7. The molecule has 7 nitrogen and oxygen atoms in total. The van der Waals surface area contributed by atoms with Crippen molar-refractivity contribution in [1.29, 1.82) is 0 Å². The normalized spacial score (nSPS) is 11.4. The molecule has 2 heterocycles. The van der Waals surface area contributed by atoms with E-state index >= 15 is 0 Å². The highest BCUT2D eigenvalue weighted by molar-refractivity contribution is 6.31. The molecule has 3 rings (SSSR count). The minimum Gasteiger partial charge on any atom is -0.480 e. The van der Waals surface area contributed by atoms with Gasteiger partial charge in [0.1, 0.15) is 0 Å². The van der Waals surface area contributed by atoms with E-state index in [0.717, 1.165) is 12.1 Å². The van der Waals surface area contributed by atoms with Crippen molar-refractivity contribution < 1.29 is 22.7 Å². The fraction of sp³-hybridized carbons (Fsp3) is 0.222. The number of amides is 1. The maximum atomic E-state index is 13.0. The third-order valence-corrected chi connectivity index (χ3v) is 4.36. The number of alkyl halides is 3. The van der Waals surface area contributed by atoms with Crippen LogP contribution in [0.1, 0.15) is 28.5 Å². The maximum Gasteiger partial charge on any atom is 0.417 e. The predicted molar refractivity (Wildman–Crippen MR) is 99.5 cm³/mol. The largest absolute Gasteiger partial charge is 0.480 e. The number of anilines is 1. The van der Waals surface area contributed by atoms with E-state index in [1.54, 1.807) is 12.1 Å². The van der Waals surface area contributed by atoms with Gasteiger partial charge in [0.05, 0.1) is 35.2 Å². The number of halogens is 4. The summed E-state index contributed by atoms with van der Waals surface area (Å²) >= 11 is 5.61. The molecule has 1 N–H and O–H groups in total. The van der Waals surface area contributed by atoms with Gasteiger partial charge < -0.3 is 10.1 Å². The van der Waals surface area contributed by atoms with Crippen LogP contribution in [0.25, 0.3) is 5.82 Å². The monoisotopic (exact) mass is 425 g/mol. The zero-order chi connectivity index (χ0) is 21.2. The summed E-state index contributed by atoms with van der Waals surface area (Å²) in [6.45, 7) is 1.81. The predicted octanol–water partition coefficient (Wildman–Crippen LogP) is 4.16. The second kappa shape index (κ2) is 8.08. The molecule has 11 heteroatoms. The molecule has 152 valence electrons. The fourth-order valence-corrected chi connectivity index (χ4v) is 2.88. The van der Waals surface area contributed by atoms with Crippen molar-refractivity contribution in [3.8, 4) is 11.7 Å². The molecular formula is C18H15ClF3N5O2.